The van der Waals surface area contributed by atoms with Crippen molar-refractivity contribution < 1.29 is 9.53 Å². The molecule has 2 atom stereocenters. The fourth-order valence-electron chi connectivity index (χ4n) is 3.35. The van der Waals surface area contributed by atoms with E-state index in [-0.39, 0.29) is 12.0 Å². The third-order valence-electron chi connectivity index (χ3n) is 4.62. The minimum atomic E-state index is -0.107. The summed E-state index contributed by atoms with van der Waals surface area (Å²) in [5.74, 6) is 0.526. The van der Waals surface area contributed by atoms with E-state index < -0.39 is 0 Å². The molecule has 27 heavy (non-hydrogen) atoms. The number of aromatic nitrogens is 3. The van der Waals surface area contributed by atoms with Gasteiger partial charge >= 0.3 is 0 Å². The van der Waals surface area contributed by atoms with Crippen LogP contribution in [0.3, 0.4) is 0 Å². The predicted molar refractivity (Wildman–Crippen MR) is 106 cm³/mol. The topological polar surface area (TPSA) is 71.8 Å². The minimum absolute atomic E-state index is 0.0446. The summed E-state index contributed by atoms with van der Waals surface area (Å²) in [6.45, 7) is 5.25. The zero-order valence-electron chi connectivity index (χ0n) is 15.1. The lowest BCUT2D eigenvalue weighted by atomic mass is 10.2. The highest BCUT2D eigenvalue weighted by Crippen LogP contribution is 2.32. The third kappa shape index (κ3) is 3.92. The standard InChI is InChI=1S/C18H20ClN5O2S/c1-11-7-13(26-16-15(19)3-5-23-6-4-20-17(16)23)9-24(11)10-14-8-21-18(27-14)22-12(2)25/h3-6,8,11,13H,7,9-10H2,1-2H3,(H,21,22,25)/t11-,13+/m0/s1. The fraction of sp³-hybridized carbons (Fsp3) is 0.389. The van der Waals surface area contributed by atoms with Crippen LogP contribution in [0.5, 0.6) is 5.75 Å². The van der Waals surface area contributed by atoms with E-state index in [2.05, 4.69) is 27.1 Å². The monoisotopic (exact) mass is 405 g/mol. The van der Waals surface area contributed by atoms with Crippen LogP contribution in [-0.4, -0.2) is 43.9 Å². The van der Waals surface area contributed by atoms with Gasteiger partial charge in [0, 0.05) is 62.1 Å². The Kier molecular flexibility index (Phi) is 5.03. The Bertz CT molecular complexity index is 972. The zero-order valence-corrected chi connectivity index (χ0v) is 16.6. The van der Waals surface area contributed by atoms with Crippen molar-refractivity contribution in [2.45, 2.75) is 39.0 Å². The van der Waals surface area contributed by atoms with Crippen molar-refractivity contribution in [1.82, 2.24) is 19.3 Å². The molecule has 3 aromatic heterocycles. The lowest BCUT2D eigenvalue weighted by Crippen LogP contribution is -2.27. The van der Waals surface area contributed by atoms with E-state index in [0.717, 1.165) is 30.0 Å². The number of fused-ring (bicyclic) bond motifs is 1. The molecule has 1 fully saturated rings. The van der Waals surface area contributed by atoms with Gasteiger partial charge in [0.1, 0.15) is 6.10 Å². The van der Waals surface area contributed by atoms with Gasteiger partial charge in [-0.15, -0.1) is 11.3 Å². The summed E-state index contributed by atoms with van der Waals surface area (Å²) in [6.07, 6.45) is 8.26. The first-order valence-electron chi connectivity index (χ1n) is 8.74. The molecule has 0 saturated carbocycles. The highest BCUT2D eigenvalue weighted by atomic mass is 35.5. The van der Waals surface area contributed by atoms with Gasteiger partial charge in [0.2, 0.25) is 5.91 Å². The van der Waals surface area contributed by atoms with E-state index in [9.17, 15) is 4.79 Å². The van der Waals surface area contributed by atoms with Crippen LogP contribution in [0.15, 0.2) is 30.9 Å². The Morgan fingerprint density at radius 3 is 3.11 bits per heavy atom. The predicted octanol–water partition coefficient (Wildman–Crippen LogP) is 3.44. The highest BCUT2D eigenvalue weighted by Gasteiger charge is 2.31. The average Bonchev–Trinajstić information content (AvgIpc) is 3.32. The molecule has 4 rings (SSSR count). The molecule has 3 aromatic rings. The molecule has 0 unspecified atom stereocenters. The Balaban J connectivity index is 1.43. The number of nitrogens with one attached hydrogen (secondary N) is 1. The number of ether oxygens (including phenoxy) is 1. The molecule has 0 bridgehead atoms. The Labute approximate surface area is 165 Å². The number of likely N-dealkylation sites (tertiary alicyclic amines) is 1. The molecule has 1 saturated heterocycles. The number of amides is 1. The number of imidazole rings is 1. The summed E-state index contributed by atoms with van der Waals surface area (Å²) in [7, 11) is 0. The molecule has 1 amide bonds. The van der Waals surface area contributed by atoms with Crippen molar-refractivity contribution in [2.24, 2.45) is 0 Å². The van der Waals surface area contributed by atoms with Gasteiger partial charge in [0.15, 0.2) is 16.5 Å². The second-order valence-electron chi connectivity index (χ2n) is 6.72. The first-order chi connectivity index (χ1) is 13.0. The van der Waals surface area contributed by atoms with Crippen LogP contribution in [0.4, 0.5) is 5.13 Å². The van der Waals surface area contributed by atoms with Crippen molar-refractivity contribution in [1.29, 1.82) is 0 Å². The second-order valence-corrected chi connectivity index (χ2v) is 8.24. The molecule has 1 aliphatic heterocycles. The number of hydrogen-bond acceptors (Lipinski definition) is 6. The van der Waals surface area contributed by atoms with Gasteiger partial charge in [-0.1, -0.05) is 11.6 Å². The molecule has 1 N–H and O–H groups in total. The first kappa shape index (κ1) is 18.2. The summed E-state index contributed by atoms with van der Waals surface area (Å²) in [6, 6.07) is 2.20. The number of carbonyl (C=O) groups excluding carboxylic acids is 1. The molecule has 4 heterocycles. The van der Waals surface area contributed by atoms with Gasteiger partial charge in [-0.2, -0.15) is 0 Å². The number of thiazole rings is 1. The van der Waals surface area contributed by atoms with E-state index in [1.807, 2.05) is 29.1 Å². The van der Waals surface area contributed by atoms with E-state index >= 15 is 0 Å². The summed E-state index contributed by atoms with van der Waals surface area (Å²) in [4.78, 5) is 23.2. The highest BCUT2D eigenvalue weighted by molar-refractivity contribution is 7.15. The van der Waals surface area contributed by atoms with Crippen LogP contribution in [0.1, 0.15) is 25.1 Å². The molecule has 7 nitrogen and oxygen atoms in total. The maximum absolute atomic E-state index is 11.1. The van der Waals surface area contributed by atoms with Crippen molar-refractivity contribution >= 4 is 39.6 Å². The Morgan fingerprint density at radius 2 is 2.30 bits per heavy atom. The molecular weight excluding hydrogens is 386 g/mol. The number of hydrogen-bond donors (Lipinski definition) is 1. The number of pyridine rings is 1. The fourth-order valence-corrected chi connectivity index (χ4v) is 4.42. The van der Waals surface area contributed by atoms with Crippen molar-refractivity contribution in [3.63, 3.8) is 0 Å². The van der Waals surface area contributed by atoms with Gasteiger partial charge in [-0.3, -0.25) is 9.69 Å². The maximum atomic E-state index is 11.1. The van der Waals surface area contributed by atoms with E-state index in [0.29, 0.717) is 21.9 Å². The molecule has 142 valence electrons. The SMILES string of the molecule is CC(=O)Nc1ncc(CN2C[C@H](Oc3c(Cl)ccn4ccnc34)C[C@@H]2C)s1. The number of halogens is 1. The minimum Gasteiger partial charge on any atom is -0.484 e. The van der Waals surface area contributed by atoms with Gasteiger partial charge in [0.25, 0.3) is 0 Å². The van der Waals surface area contributed by atoms with Crippen molar-refractivity contribution in [3.8, 4) is 5.75 Å². The summed E-state index contributed by atoms with van der Waals surface area (Å²) < 4.78 is 8.15. The van der Waals surface area contributed by atoms with Crippen LogP contribution < -0.4 is 10.1 Å². The normalized spacial score (nSPS) is 20.3. The van der Waals surface area contributed by atoms with E-state index in [1.165, 1.54) is 18.3 Å². The number of nitrogens with zero attached hydrogens (tertiary/aromatic N) is 4. The van der Waals surface area contributed by atoms with Crippen LogP contribution in [0.25, 0.3) is 5.65 Å². The number of anilines is 1. The van der Waals surface area contributed by atoms with Gasteiger partial charge in [-0.25, -0.2) is 9.97 Å². The summed E-state index contributed by atoms with van der Waals surface area (Å²) in [5.41, 5.74) is 0.732. The summed E-state index contributed by atoms with van der Waals surface area (Å²) in [5, 5.41) is 3.93. The van der Waals surface area contributed by atoms with Crippen LogP contribution in [-0.2, 0) is 11.3 Å². The molecule has 1 aliphatic rings. The van der Waals surface area contributed by atoms with Crippen LogP contribution in [0, 0.1) is 0 Å². The Hall–Kier alpha value is -2.16. The lowest BCUT2D eigenvalue weighted by molar-refractivity contribution is -0.114. The Morgan fingerprint density at radius 1 is 1.44 bits per heavy atom. The zero-order chi connectivity index (χ0) is 19.0. The maximum Gasteiger partial charge on any atom is 0.223 e. The van der Waals surface area contributed by atoms with Crippen LogP contribution >= 0.6 is 22.9 Å². The van der Waals surface area contributed by atoms with E-state index in [1.54, 1.807) is 6.20 Å². The number of carbonyl (C=O) groups is 1. The smallest absolute Gasteiger partial charge is 0.223 e. The molecule has 0 aromatic carbocycles. The van der Waals surface area contributed by atoms with Crippen LogP contribution in [0.2, 0.25) is 5.02 Å². The second kappa shape index (κ2) is 7.46. The number of rotatable bonds is 5. The molecule has 0 radical (unpaired) electrons. The lowest BCUT2D eigenvalue weighted by Gasteiger charge is -2.19. The largest absolute Gasteiger partial charge is 0.484 e. The quantitative estimate of drug-likeness (QED) is 0.704. The first-order valence-corrected chi connectivity index (χ1v) is 9.93. The van der Waals surface area contributed by atoms with Gasteiger partial charge < -0.3 is 14.5 Å². The van der Waals surface area contributed by atoms with Gasteiger partial charge in [-0.05, 0) is 13.0 Å². The molecule has 9 heteroatoms. The average molecular weight is 406 g/mol. The molecule has 0 aliphatic carbocycles. The van der Waals surface area contributed by atoms with Gasteiger partial charge in [0.05, 0.1) is 5.02 Å². The van der Waals surface area contributed by atoms with Crippen molar-refractivity contribution in [2.75, 3.05) is 11.9 Å². The third-order valence-corrected chi connectivity index (χ3v) is 5.81. The molecule has 0 spiro atoms. The van der Waals surface area contributed by atoms with E-state index in [4.69, 9.17) is 16.3 Å². The molecular formula is C18H20ClN5O2S. The van der Waals surface area contributed by atoms with Crippen molar-refractivity contribution in [3.05, 3.63) is 40.8 Å². The summed E-state index contributed by atoms with van der Waals surface area (Å²) >= 11 is 7.85.